The number of rotatable bonds is 17. The van der Waals surface area contributed by atoms with Gasteiger partial charge in [0, 0.05) is 0 Å². The summed E-state index contributed by atoms with van der Waals surface area (Å²) in [4.78, 5) is 0.0160. The van der Waals surface area contributed by atoms with E-state index in [-0.39, 0.29) is 4.90 Å². The Hall–Kier alpha value is -0.870. The van der Waals surface area contributed by atoms with E-state index in [0.717, 1.165) is 24.8 Å². The molecule has 0 aliphatic heterocycles. The molecule has 1 N–H and O–H groups in total. The summed E-state index contributed by atoms with van der Waals surface area (Å²) in [7, 11) is -4.13. The fourth-order valence-corrected chi connectivity index (χ4v) is 4.50. The zero-order valence-electron chi connectivity index (χ0n) is 19.1. The molecule has 0 unspecified atom stereocenters. The van der Waals surface area contributed by atoms with Gasteiger partial charge in [-0.1, -0.05) is 104 Å². The van der Waals surface area contributed by atoms with Crippen LogP contribution in [0.4, 0.5) is 0 Å². The summed E-state index contributed by atoms with van der Waals surface area (Å²) in [6.45, 7) is 6.54. The predicted octanol–water partition coefficient (Wildman–Crippen LogP) is 7.77. The van der Waals surface area contributed by atoms with Gasteiger partial charge in [-0.2, -0.15) is 8.42 Å². The summed E-state index contributed by atoms with van der Waals surface area (Å²) in [5, 5.41) is 0. The van der Waals surface area contributed by atoms with E-state index in [9.17, 15) is 13.0 Å². The lowest BCUT2D eigenvalue weighted by Crippen LogP contribution is -2.04. The molecule has 0 radical (unpaired) electrons. The summed E-state index contributed by atoms with van der Waals surface area (Å²) < 4.78 is 32.2. The SMILES string of the molecule is CCCCCCCCCCCCCCCc1ccc(S(=O)(=O)O)cc1CC(C)C. The third-order valence-corrected chi connectivity index (χ3v) is 6.50. The van der Waals surface area contributed by atoms with Crippen LogP contribution >= 0.6 is 0 Å². The molecular formula is C25H44O3S. The molecule has 1 aromatic carbocycles. The van der Waals surface area contributed by atoms with Gasteiger partial charge in [-0.15, -0.1) is 0 Å². The molecule has 0 aliphatic carbocycles. The minimum atomic E-state index is -4.13. The highest BCUT2D eigenvalue weighted by Gasteiger charge is 2.13. The Labute approximate surface area is 180 Å². The lowest BCUT2D eigenvalue weighted by atomic mass is 9.94. The molecule has 0 aliphatic rings. The largest absolute Gasteiger partial charge is 0.294 e. The Balaban J connectivity index is 2.22. The molecule has 0 atom stereocenters. The Morgan fingerprint density at radius 1 is 0.759 bits per heavy atom. The smallest absolute Gasteiger partial charge is 0.282 e. The summed E-state index contributed by atoms with van der Waals surface area (Å²) >= 11 is 0. The van der Waals surface area contributed by atoms with Crippen LogP contribution < -0.4 is 0 Å². The first-order valence-electron chi connectivity index (χ1n) is 11.9. The monoisotopic (exact) mass is 424 g/mol. The molecule has 0 aromatic heterocycles. The standard InChI is InChI=1S/C25H44O3S/c1-4-5-6-7-8-9-10-11-12-13-14-15-16-17-23-18-19-25(29(26,27)28)21-24(23)20-22(2)3/h18-19,21-22H,4-17,20H2,1-3H3,(H,26,27,28). The van der Waals surface area contributed by atoms with Gasteiger partial charge in [0.25, 0.3) is 10.1 Å². The number of hydrogen-bond donors (Lipinski definition) is 1. The summed E-state index contributed by atoms with van der Waals surface area (Å²) in [5.41, 5.74) is 2.29. The molecule has 168 valence electrons. The molecule has 0 fully saturated rings. The quantitative estimate of drug-likeness (QED) is 0.205. The maximum Gasteiger partial charge on any atom is 0.294 e. The van der Waals surface area contributed by atoms with E-state index >= 15 is 0 Å². The van der Waals surface area contributed by atoms with Crippen molar-refractivity contribution in [3.63, 3.8) is 0 Å². The topological polar surface area (TPSA) is 54.4 Å². The van der Waals surface area contributed by atoms with Crippen LogP contribution in [0, 0.1) is 5.92 Å². The van der Waals surface area contributed by atoms with Crippen LogP contribution in [0.2, 0.25) is 0 Å². The van der Waals surface area contributed by atoms with Gasteiger partial charge in [0.05, 0.1) is 4.90 Å². The lowest BCUT2D eigenvalue weighted by molar-refractivity contribution is 0.483. The van der Waals surface area contributed by atoms with Crippen molar-refractivity contribution in [3.05, 3.63) is 29.3 Å². The molecule has 0 bridgehead atoms. The molecule has 0 amide bonds. The van der Waals surface area contributed by atoms with Crippen LogP contribution in [0.5, 0.6) is 0 Å². The molecule has 0 heterocycles. The summed E-state index contributed by atoms with van der Waals surface area (Å²) in [5.74, 6) is 0.456. The first-order valence-corrected chi connectivity index (χ1v) is 13.4. The molecule has 0 spiro atoms. The molecule has 29 heavy (non-hydrogen) atoms. The minimum Gasteiger partial charge on any atom is -0.282 e. The number of unbranched alkanes of at least 4 members (excludes halogenated alkanes) is 12. The van der Waals surface area contributed by atoms with Gasteiger partial charge in [-0.3, -0.25) is 4.55 Å². The van der Waals surface area contributed by atoms with E-state index in [1.807, 2.05) is 6.07 Å². The van der Waals surface area contributed by atoms with E-state index in [4.69, 9.17) is 0 Å². The fraction of sp³-hybridized carbons (Fsp3) is 0.760. The van der Waals surface area contributed by atoms with E-state index in [0.29, 0.717) is 5.92 Å². The van der Waals surface area contributed by atoms with Gasteiger partial charge in [0.15, 0.2) is 0 Å². The van der Waals surface area contributed by atoms with Crippen LogP contribution in [0.3, 0.4) is 0 Å². The first-order chi connectivity index (χ1) is 13.8. The van der Waals surface area contributed by atoms with Crippen molar-refractivity contribution in [1.29, 1.82) is 0 Å². The van der Waals surface area contributed by atoms with Crippen molar-refractivity contribution in [2.45, 2.75) is 122 Å². The highest BCUT2D eigenvalue weighted by molar-refractivity contribution is 7.85. The van der Waals surface area contributed by atoms with E-state index < -0.39 is 10.1 Å². The Kier molecular flexibility index (Phi) is 13.5. The van der Waals surface area contributed by atoms with E-state index in [1.165, 1.54) is 88.7 Å². The maximum atomic E-state index is 11.4. The highest BCUT2D eigenvalue weighted by atomic mass is 32.2. The van der Waals surface area contributed by atoms with Gasteiger partial charge >= 0.3 is 0 Å². The normalized spacial score (nSPS) is 12.0. The Morgan fingerprint density at radius 2 is 1.24 bits per heavy atom. The third kappa shape index (κ3) is 12.4. The van der Waals surface area contributed by atoms with Gasteiger partial charge in [0.2, 0.25) is 0 Å². The molecule has 0 saturated heterocycles. The molecule has 4 heteroatoms. The van der Waals surface area contributed by atoms with Crippen molar-refractivity contribution >= 4 is 10.1 Å². The van der Waals surface area contributed by atoms with Gasteiger partial charge in [0.1, 0.15) is 0 Å². The second-order valence-corrected chi connectivity index (χ2v) is 10.4. The van der Waals surface area contributed by atoms with Crippen LogP contribution in [0.25, 0.3) is 0 Å². The molecular weight excluding hydrogens is 380 g/mol. The molecule has 1 rings (SSSR count). The fourth-order valence-electron chi connectivity index (χ4n) is 3.97. The average molecular weight is 425 g/mol. The molecule has 0 saturated carbocycles. The van der Waals surface area contributed by atoms with Gasteiger partial charge in [-0.25, -0.2) is 0 Å². The van der Waals surface area contributed by atoms with Crippen LogP contribution in [-0.4, -0.2) is 13.0 Å². The zero-order valence-corrected chi connectivity index (χ0v) is 19.9. The predicted molar refractivity (Wildman–Crippen MR) is 124 cm³/mol. The van der Waals surface area contributed by atoms with Crippen LogP contribution in [0.1, 0.15) is 115 Å². The number of benzene rings is 1. The van der Waals surface area contributed by atoms with Crippen molar-refractivity contribution in [3.8, 4) is 0 Å². The van der Waals surface area contributed by atoms with Crippen molar-refractivity contribution in [1.82, 2.24) is 0 Å². The summed E-state index contributed by atoms with van der Waals surface area (Å²) in [6, 6.07) is 5.09. The van der Waals surface area contributed by atoms with Gasteiger partial charge < -0.3 is 0 Å². The van der Waals surface area contributed by atoms with Crippen molar-refractivity contribution < 1.29 is 13.0 Å². The number of aryl methyl sites for hydroxylation is 1. The molecule has 3 nitrogen and oxygen atoms in total. The van der Waals surface area contributed by atoms with Gasteiger partial charge in [-0.05, 0) is 48.4 Å². The maximum absolute atomic E-state index is 11.4. The minimum absolute atomic E-state index is 0.0160. The highest BCUT2D eigenvalue weighted by Crippen LogP contribution is 2.22. The number of hydrogen-bond acceptors (Lipinski definition) is 2. The van der Waals surface area contributed by atoms with E-state index in [2.05, 4.69) is 20.8 Å². The second-order valence-electron chi connectivity index (χ2n) is 9.00. The van der Waals surface area contributed by atoms with Crippen molar-refractivity contribution in [2.75, 3.05) is 0 Å². The lowest BCUT2D eigenvalue weighted by Gasteiger charge is -2.13. The average Bonchev–Trinajstić information content (AvgIpc) is 2.65. The van der Waals surface area contributed by atoms with Crippen molar-refractivity contribution in [2.24, 2.45) is 5.92 Å². The summed E-state index contributed by atoms with van der Waals surface area (Å²) in [6.07, 6.45) is 19.3. The van der Waals surface area contributed by atoms with Crippen LogP contribution in [0.15, 0.2) is 23.1 Å². The third-order valence-electron chi connectivity index (χ3n) is 5.65. The van der Waals surface area contributed by atoms with Crippen LogP contribution in [-0.2, 0) is 23.0 Å². The second kappa shape index (κ2) is 15.0. The first kappa shape index (κ1) is 26.2. The Bertz CT molecular complexity index is 650. The zero-order chi connectivity index (χ0) is 21.5. The molecule has 1 aromatic rings. The Morgan fingerprint density at radius 3 is 1.69 bits per heavy atom. The van der Waals surface area contributed by atoms with E-state index in [1.54, 1.807) is 6.07 Å².